The first-order chi connectivity index (χ1) is 19.8. The molecule has 3 aliphatic rings. The summed E-state index contributed by atoms with van der Waals surface area (Å²) in [6, 6.07) is 16.8. The van der Waals surface area contributed by atoms with Crippen molar-refractivity contribution in [3.05, 3.63) is 99.7 Å². The zero-order valence-electron chi connectivity index (χ0n) is 24.8. The number of hydrogen-bond donors (Lipinski definition) is 2. The molecule has 9 heteroatoms. The molecule has 2 unspecified atom stereocenters. The third kappa shape index (κ3) is 9.60. The molecule has 2 aliphatic heterocycles. The van der Waals surface area contributed by atoms with E-state index >= 15 is 0 Å². The summed E-state index contributed by atoms with van der Waals surface area (Å²) in [6.45, 7) is 2.81. The summed E-state index contributed by atoms with van der Waals surface area (Å²) >= 11 is 0. The molecule has 2 saturated heterocycles. The minimum atomic E-state index is -0.606. The number of pyridine rings is 1. The van der Waals surface area contributed by atoms with Crippen molar-refractivity contribution in [3.8, 4) is 11.1 Å². The van der Waals surface area contributed by atoms with Gasteiger partial charge in [-0.1, -0.05) is 62.1 Å². The van der Waals surface area contributed by atoms with Gasteiger partial charge in [-0.3, -0.25) is 4.79 Å². The monoisotopic (exact) mass is 654 g/mol. The maximum atomic E-state index is 13.6. The van der Waals surface area contributed by atoms with E-state index in [9.17, 15) is 18.8 Å². The van der Waals surface area contributed by atoms with Crippen molar-refractivity contribution < 1.29 is 46.7 Å². The predicted octanol–water partition coefficient (Wildman–Crippen LogP) is 6.84. The van der Waals surface area contributed by atoms with Crippen molar-refractivity contribution in [2.75, 3.05) is 26.7 Å². The van der Waals surface area contributed by atoms with Crippen LogP contribution in [0.25, 0.3) is 16.4 Å². The summed E-state index contributed by atoms with van der Waals surface area (Å²) in [5, 5.41) is 18.5. The molecule has 1 radical (unpaired) electrons. The summed E-state index contributed by atoms with van der Waals surface area (Å²) in [7, 11) is 3.59. The van der Waals surface area contributed by atoms with Crippen LogP contribution in [0, 0.1) is 17.0 Å². The van der Waals surface area contributed by atoms with Gasteiger partial charge in [-0.15, -0.1) is 13.1 Å². The van der Waals surface area contributed by atoms with Crippen molar-refractivity contribution in [2.45, 2.75) is 63.5 Å². The molecule has 0 bridgehead atoms. The van der Waals surface area contributed by atoms with E-state index < -0.39 is 17.7 Å². The molecular formula is C33H43F2N4O2Y-. The largest absolute Gasteiger partial charge is 0.662 e. The van der Waals surface area contributed by atoms with Gasteiger partial charge < -0.3 is 20.4 Å². The van der Waals surface area contributed by atoms with E-state index in [-0.39, 0.29) is 44.3 Å². The summed E-state index contributed by atoms with van der Waals surface area (Å²) in [4.78, 5) is 11.4. The number of aryl methyl sites for hydroxylation is 1. The molecule has 3 heterocycles. The van der Waals surface area contributed by atoms with Gasteiger partial charge in [0, 0.05) is 76.2 Å². The second kappa shape index (κ2) is 16.9. The molecule has 42 heavy (non-hydrogen) atoms. The average Bonchev–Trinajstić information content (AvgIpc) is 3.44. The van der Waals surface area contributed by atoms with Crippen LogP contribution in [0.15, 0.2) is 71.7 Å². The van der Waals surface area contributed by atoms with Crippen molar-refractivity contribution >= 4 is 0 Å². The Bertz CT molecular complexity index is 1290. The number of rotatable bonds is 3. The Morgan fingerprint density at radius 2 is 1.69 bits per heavy atom. The van der Waals surface area contributed by atoms with Gasteiger partial charge in [0.05, 0.1) is 6.04 Å². The van der Waals surface area contributed by atoms with E-state index in [1.54, 1.807) is 23.9 Å². The first kappa shape index (κ1) is 34.7. The van der Waals surface area contributed by atoms with Crippen molar-refractivity contribution in [1.82, 2.24) is 14.9 Å². The van der Waals surface area contributed by atoms with Gasteiger partial charge in [0.1, 0.15) is 11.6 Å². The topological polar surface area (TPSA) is 71.6 Å². The third-order valence-corrected chi connectivity index (χ3v) is 8.65. The first-order valence-electron chi connectivity index (χ1n) is 14.7. The quantitative estimate of drug-likeness (QED) is 0.325. The number of hydrogen-bond acceptors (Lipinski definition) is 4. The second-order valence-electron chi connectivity index (χ2n) is 11.5. The number of nitrogens with one attached hydrogen (secondary N) is 1. The molecule has 1 aromatic heterocycles. The van der Waals surface area contributed by atoms with Crippen molar-refractivity contribution in [1.29, 1.82) is 0 Å². The van der Waals surface area contributed by atoms with E-state index in [0.29, 0.717) is 23.9 Å². The van der Waals surface area contributed by atoms with Crippen molar-refractivity contribution in [2.24, 2.45) is 12.5 Å². The number of aromatic nitrogens is 1. The van der Waals surface area contributed by atoms with Gasteiger partial charge in [-0.25, -0.2) is 8.78 Å². The molecule has 2 N–H and O–H groups in total. The molecule has 1 spiro atoms. The minimum absolute atomic E-state index is 0. The summed E-state index contributed by atoms with van der Waals surface area (Å²) in [5.74, 6) is -1.21. The van der Waals surface area contributed by atoms with Gasteiger partial charge in [0.2, 0.25) is 0 Å². The maximum absolute atomic E-state index is 13.6. The van der Waals surface area contributed by atoms with Gasteiger partial charge in [0.25, 0.3) is 5.56 Å². The van der Waals surface area contributed by atoms with Crippen LogP contribution >= 0.6 is 0 Å². The second-order valence-corrected chi connectivity index (χ2v) is 11.5. The zero-order valence-corrected chi connectivity index (χ0v) is 27.7. The summed E-state index contributed by atoms with van der Waals surface area (Å²) < 4.78 is 28.0. The Balaban J connectivity index is 0.000000176. The molecule has 0 amide bonds. The normalized spacial score (nSPS) is 21.4. The Kier molecular flexibility index (Phi) is 13.9. The molecule has 6 rings (SSSR count). The predicted molar refractivity (Wildman–Crippen MR) is 160 cm³/mol. The Morgan fingerprint density at radius 1 is 0.976 bits per heavy atom. The molecule has 6 nitrogen and oxygen atoms in total. The van der Waals surface area contributed by atoms with E-state index in [1.165, 1.54) is 57.2 Å². The van der Waals surface area contributed by atoms with Crippen LogP contribution in [-0.2, 0) is 39.8 Å². The fraction of sp³-hybridized carbons (Fsp3) is 0.485. The fourth-order valence-electron chi connectivity index (χ4n) is 6.13. The minimum Gasteiger partial charge on any atom is -0.662 e. The van der Waals surface area contributed by atoms with Gasteiger partial charge in [-0.2, -0.15) is 5.06 Å². The molecule has 1 aliphatic carbocycles. The van der Waals surface area contributed by atoms with Crippen LogP contribution < -0.4 is 10.9 Å². The Labute approximate surface area is 273 Å². The van der Waals surface area contributed by atoms with Crippen LogP contribution in [0.4, 0.5) is 8.78 Å². The Morgan fingerprint density at radius 3 is 2.31 bits per heavy atom. The van der Waals surface area contributed by atoms with Crippen LogP contribution in [0.5, 0.6) is 0 Å². The molecule has 2 atom stereocenters. The van der Waals surface area contributed by atoms with Crippen LogP contribution in [0.3, 0.4) is 0 Å². The SMILES string of the molecule is C1CCC2(C1)CCC[N-]C2.CNC1CCN(O)C(c2ccc(F)cc2F)C1.Cn1ccc(-c2ccccc2)cc1=O.[Y]. The molecule has 2 aromatic carbocycles. The molecule has 3 fully saturated rings. The number of halogens is 2. The zero-order chi connectivity index (χ0) is 29.2. The first-order valence-corrected chi connectivity index (χ1v) is 14.7. The van der Waals surface area contributed by atoms with E-state index in [4.69, 9.17) is 0 Å². The average molecular weight is 655 g/mol. The standard InChI is InChI=1S/C12H16F2N2O.C12H11NO.C9H16N.Y/c1-15-9-4-5-16(17)12(7-9)10-3-2-8(13)6-11(10)14;1-13-8-7-11(9-12(13)14)10-5-3-2-4-6-10;1-2-5-9(4-1)6-3-7-10-8-9;/h2-3,6,9,12,15,17H,4-5,7H2,1H3;2-9H,1H3;1-8H2;/q;;-1;. The van der Waals surface area contributed by atoms with Gasteiger partial charge in [-0.05, 0) is 61.4 Å². The summed E-state index contributed by atoms with van der Waals surface area (Å²) in [6.07, 6.45) is 11.9. The molecule has 1 saturated carbocycles. The molecule has 225 valence electrons. The third-order valence-electron chi connectivity index (χ3n) is 8.65. The van der Waals surface area contributed by atoms with E-state index in [2.05, 4.69) is 10.6 Å². The summed E-state index contributed by atoms with van der Waals surface area (Å²) in [5.41, 5.74) is 3.11. The smallest absolute Gasteiger partial charge is 0.250 e. The number of benzene rings is 2. The van der Waals surface area contributed by atoms with Crippen molar-refractivity contribution in [3.63, 3.8) is 0 Å². The van der Waals surface area contributed by atoms with Crippen LogP contribution in [-0.4, -0.2) is 47.6 Å². The van der Waals surface area contributed by atoms with E-state index in [1.807, 2.05) is 43.4 Å². The van der Waals surface area contributed by atoms with Gasteiger partial charge in [0.15, 0.2) is 0 Å². The maximum Gasteiger partial charge on any atom is 0.250 e. The van der Waals surface area contributed by atoms with Crippen LogP contribution in [0.1, 0.15) is 63.0 Å². The fourth-order valence-corrected chi connectivity index (χ4v) is 6.13. The van der Waals surface area contributed by atoms with Gasteiger partial charge >= 0.3 is 0 Å². The molecule has 3 aromatic rings. The number of hydroxylamine groups is 2. The Hall–Kier alpha value is -1.81. The van der Waals surface area contributed by atoms with Crippen LogP contribution in [0.2, 0.25) is 0 Å². The number of nitrogens with zero attached hydrogens (tertiary/aromatic N) is 3. The molecular weight excluding hydrogens is 611 g/mol. The number of piperidine rings is 2. The van der Waals surface area contributed by atoms with E-state index in [0.717, 1.165) is 35.2 Å².